The summed E-state index contributed by atoms with van der Waals surface area (Å²) in [5, 5.41) is 18.1. The molecule has 1 N–H and O–H groups in total. The first kappa shape index (κ1) is 15.3. The van der Waals surface area contributed by atoms with E-state index in [0.29, 0.717) is 18.7 Å². The number of carbonyl (C=O) groups is 1. The summed E-state index contributed by atoms with van der Waals surface area (Å²) < 4.78 is 1.64. The smallest absolute Gasteiger partial charge is 0.271 e. The second-order valence-electron chi connectivity index (χ2n) is 5.27. The minimum atomic E-state index is -0.513. The molecule has 0 spiro atoms. The van der Waals surface area contributed by atoms with Gasteiger partial charge < -0.3 is 10.2 Å². The largest absolute Gasteiger partial charge is 0.372 e. The molecule has 23 heavy (non-hydrogen) atoms. The Bertz CT molecular complexity index is 776. The molecule has 2 aromatic rings. The third-order valence-corrected chi connectivity index (χ3v) is 4.01. The summed E-state index contributed by atoms with van der Waals surface area (Å²) in [4.78, 5) is 24.3. The monoisotopic (exact) mass is 335 g/mol. The molecule has 8 nitrogen and oxygen atoms in total. The highest BCUT2D eigenvalue weighted by Gasteiger charge is 2.33. The van der Waals surface area contributed by atoms with Crippen molar-refractivity contribution >= 4 is 34.6 Å². The molecule has 0 saturated carbocycles. The van der Waals surface area contributed by atoms with Crippen LogP contribution in [0, 0.1) is 10.1 Å². The Labute approximate surface area is 136 Å². The van der Waals surface area contributed by atoms with Crippen molar-refractivity contribution in [2.45, 2.75) is 12.5 Å². The van der Waals surface area contributed by atoms with Gasteiger partial charge in [-0.25, -0.2) is 0 Å². The lowest BCUT2D eigenvalue weighted by molar-refractivity contribution is -0.384. The van der Waals surface area contributed by atoms with Crippen molar-refractivity contribution in [2.75, 3.05) is 16.8 Å². The van der Waals surface area contributed by atoms with Gasteiger partial charge in [0.2, 0.25) is 5.91 Å². The van der Waals surface area contributed by atoms with Crippen LogP contribution in [0.5, 0.6) is 0 Å². The standard InChI is InChI=1S/C14H14ClN5O3/c1-18-8-10(7-16-18)19-5-4-13(14(19)21)17-12-3-2-9(20(22)23)6-11(12)15/h2-3,6-8,13,17H,4-5H2,1H3. The average Bonchev–Trinajstić information content (AvgIpc) is 3.08. The fourth-order valence-corrected chi connectivity index (χ4v) is 2.77. The molecule has 1 aliphatic heterocycles. The number of hydrogen-bond donors (Lipinski definition) is 1. The molecule has 1 aliphatic rings. The number of nitrogens with zero attached hydrogens (tertiary/aromatic N) is 4. The Hall–Kier alpha value is -2.61. The molecule has 0 radical (unpaired) electrons. The number of benzene rings is 1. The van der Waals surface area contributed by atoms with Crippen LogP contribution in [0.25, 0.3) is 0 Å². The van der Waals surface area contributed by atoms with Crippen LogP contribution in [0.1, 0.15) is 6.42 Å². The lowest BCUT2D eigenvalue weighted by Crippen LogP contribution is -2.33. The Balaban J connectivity index is 1.74. The first-order valence-electron chi connectivity index (χ1n) is 6.96. The van der Waals surface area contributed by atoms with Crippen LogP contribution in [-0.2, 0) is 11.8 Å². The first-order valence-corrected chi connectivity index (χ1v) is 7.34. The SMILES string of the molecule is Cn1cc(N2CCC(Nc3ccc([N+](=O)[O-])cc3Cl)C2=O)cn1. The van der Waals surface area contributed by atoms with Gasteiger partial charge in [0.25, 0.3) is 5.69 Å². The molecule has 1 saturated heterocycles. The molecule has 1 aromatic heterocycles. The molecule has 0 bridgehead atoms. The molecule has 3 rings (SSSR count). The fourth-order valence-electron chi connectivity index (χ4n) is 2.54. The summed E-state index contributed by atoms with van der Waals surface area (Å²) in [7, 11) is 1.79. The number of carbonyl (C=O) groups excluding carboxylic acids is 1. The number of nitro benzene ring substituents is 1. The first-order chi connectivity index (χ1) is 11.0. The lowest BCUT2D eigenvalue weighted by Gasteiger charge is -2.16. The van der Waals surface area contributed by atoms with Gasteiger partial charge in [0.1, 0.15) is 6.04 Å². The topological polar surface area (TPSA) is 93.3 Å². The summed E-state index contributed by atoms with van der Waals surface area (Å²) in [6.45, 7) is 0.576. The van der Waals surface area contributed by atoms with Crippen molar-refractivity contribution in [3.8, 4) is 0 Å². The number of aryl methyl sites for hydroxylation is 1. The molecular formula is C14H14ClN5O3. The zero-order chi connectivity index (χ0) is 16.6. The van der Waals surface area contributed by atoms with Crippen molar-refractivity contribution in [3.05, 3.63) is 45.7 Å². The highest BCUT2D eigenvalue weighted by Crippen LogP contribution is 2.29. The van der Waals surface area contributed by atoms with Gasteiger partial charge in [-0.3, -0.25) is 19.6 Å². The Kier molecular flexibility index (Phi) is 3.91. The molecule has 1 unspecified atom stereocenters. The van der Waals surface area contributed by atoms with Gasteiger partial charge in [-0.1, -0.05) is 11.6 Å². The van der Waals surface area contributed by atoms with E-state index in [0.717, 1.165) is 5.69 Å². The Morgan fingerprint density at radius 1 is 1.48 bits per heavy atom. The van der Waals surface area contributed by atoms with Gasteiger partial charge in [-0.05, 0) is 12.5 Å². The summed E-state index contributed by atoms with van der Waals surface area (Å²) >= 11 is 6.05. The van der Waals surface area contributed by atoms with Crippen LogP contribution < -0.4 is 10.2 Å². The highest BCUT2D eigenvalue weighted by molar-refractivity contribution is 6.33. The van der Waals surface area contributed by atoms with Crippen LogP contribution in [-0.4, -0.2) is 33.2 Å². The van der Waals surface area contributed by atoms with Crippen LogP contribution in [0.2, 0.25) is 5.02 Å². The molecule has 0 aliphatic carbocycles. The van der Waals surface area contributed by atoms with Crippen molar-refractivity contribution < 1.29 is 9.72 Å². The number of rotatable bonds is 4. The second-order valence-corrected chi connectivity index (χ2v) is 5.68. The molecule has 2 heterocycles. The number of non-ortho nitro benzene ring substituents is 1. The molecular weight excluding hydrogens is 322 g/mol. The third kappa shape index (κ3) is 2.98. The van der Waals surface area contributed by atoms with E-state index in [2.05, 4.69) is 10.4 Å². The molecule has 1 aromatic carbocycles. The number of anilines is 2. The maximum atomic E-state index is 12.5. The number of nitrogens with one attached hydrogen (secondary N) is 1. The van der Waals surface area contributed by atoms with E-state index in [1.165, 1.54) is 18.2 Å². The van der Waals surface area contributed by atoms with E-state index in [9.17, 15) is 14.9 Å². The van der Waals surface area contributed by atoms with Crippen LogP contribution in [0.4, 0.5) is 17.1 Å². The molecule has 9 heteroatoms. The molecule has 120 valence electrons. The summed E-state index contributed by atoms with van der Waals surface area (Å²) in [6, 6.07) is 3.71. The van der Waals surface area contributed by atoms with E-state index >= 15 is 0 Å². The van der Waals surface area contributed by atoms with Crippen molar-refractivity contribution in [1.82, 2.24) is 9.78 Å². The lowest BCUT2D eigenvalue weighted by atomic mass is 10.2. The van der Waals surface area contributed by atoms with Gasteiger partial charge in [0, 0.05) is 31.9 Å². The van der Waals surface area contributed by atoms with Gasteiger partial charge >= 0.3 is 0 Å². The number of halogens is 1. The maximum absolute atomic E-state index is 12.5. The molecule has 1 amide bonds. The van der Waals surface area contributed by atoms with E-state index in [-0.39, 0.29) is 16.6 Å². The van der Waals surface area contributed by atoms with Gasteiger partial charge in [0.15, 0.2) is 0 Å². The quantitative estimate of drug-likeness (QED) is 0.683. The highest BCUT2D eigenvalue weighted by atomic mass is 35.5. The normalized spacial score (nSPS) is 17.6. The zero-order valence-corrected chi connectivity index (χ0v) is 13.0. The van der Waals surface area contributed by atoms with Crippen LogP contribution in [0.15, 0.2) is 30.6 Å². The second kappa shape index (κ2) is 5.88. The third-order valence-electron chi connectivity index (χ3n) is 3.70. The predicted octanol–water partition coefficient (Wildman–Crippen LogP) is 2.20. The van der Waals surface area contributed by atoms with Crippen molar-refractivity contribution in [3.63, 3.8) is 0 Å². The zero-order valence-electron chi connectivity index (χ0n) is 12.3. The minimum absolute atomic E-state index is 0.0765. The van der Waals surface area contributed by atoms with Gasteiger partial charge in [0.05, 0.1) is 27.5 Å². The van der Waals surface area contributed by atoms with Crippen LogP contribution in [0.3, 0.4) is 0 Å². The van der Waals surface area contributed by atoms with E-state index < -0.39 is 11.0 Å². The number of amides is 1. The van der Waals surface area contributed by atoms with Gasteiger partial charge in [-0.2, -0.15) is 5.10 Å². The predicted molar refractivity (Wildman–Crippen MR) is 85.7 cm³/mol. The summed E-state index contributed by atoms with van der Waals surface area (Å²) in [6.07, 6.45) is 4.03. The number of aromatic nitrogens is 2. The summed E-state index contributed by atoms with van der Waals surface area (Å²) in [5.74, 6) is -0.0765. The van der Waals surface area contributed by atoms with E-state index in [1.807, 2.05) is 0 Å². The Morgan fingerprint density at radius 3 is 2.87 bits per heavy atom. The average molecular weight is 336 g/mol. The van der Waals surface area contributed by atoms with Crippen molar-refractivity contribution in [1.29, 1.82) is 0 Å². The van der Waals surface area contributed by atoms with Crippen molar-refractivity contribution in [2.24, 2.45) is 7.05 Å². The number of nitro groups is 1. The Morgan fingerprint density at radius 2 is 2.26 bits per heavy atom. The van der Waals surface area contributed by atoms with E-state index in [1.54, 1.807) is 29.0 Å². The minimum Gasteiger partial charge on any atom is -0.372 e. The fraction of sp³-hybridized carbons (Fsp3) is 0.286. The maximum Gasteiger partial charge on any atom is 0.271 e. The summed E-state index contributed by atoms with van der Waals surface area (Å²) in [5.41, 5.74) is 1.16. The van der Waals surface area contributed by atoms with E-state index in [4.69, 9.17) is 11.6 Å². The van der Waals surface area contributed by atoms with Crippen LogP contribution >= 0.6 is 11.6 Å². The molecule has 1 fully saturated rings. The van der Waals surface area contributed by atoms with Gasteiger partial charge in [-0.15, -0.1) is 0 Å². The number of hydrogen-bond acceptors (Lipinski definition) is 5. The molecule has 1 atom stereocenters.